The number of nitrogens with zero attached hydrogens (tertiary/aromatic N) is 2. The van der Waals surface area contributed by atoms with Gasteiger partial charge in [0.1, 0.15) is 5.56 Å². The third-order valence-corrected chi connectivity index (χ3v) is 11.9. The molecular formula is C25H27F5N2O2Si. The van der Waals surface area contributed by atoms with E-state index in [-0.39, 0.29) is 5.04 Å². The zero-order chi connectivity index (χ0) is 26.3. The Morgan fingerprint density at radius 1 is 0.971 bits per heavy atom. The van der Waals surface area contributed by atoms with Gasteiger partial charge in [0.2, 0.25) is 5.82 Å². The van der Waals surface area contributed by atoms with E-state index in [1.165, 1.54) is 0 Å². The summed E-state index contributed by atoms with van der Waals surface area (Å²) in [6, 6.07) is 8.05. The number of aromatic nitrogens is 1. The summed E-state index contributed by atoms with van der Waals surface area (Å²) < 4.78 is 69.9. The maximum atomic E-state index is 13.8. The Morgan fingerprint density at radius 3 is 2.09 bits per heavy atom. The smallest absolute Gasteiger partial charge is 0.371 e. The predicted octanol–water partition coefficient (Wildman–Crippen LogP) is 7.36. The number of halogens is 5. The second-order valence-corrected chi connectivity index (χ2v) is 15.1. The maximum Gasteiger partial charge on any atom is 0.371 e. The van der Waals surface area contributed by atoms with E-state index < -0.39 is 48.9 Å². The van der Waals surface area contributed by atoms with Crippen LogP contribution in [-0.4, -0.2) is 24.1 Å². The highest BCUT2D eigenvalue weighted by Crippen LogP contribution is 2.39. The normalized spacial score (nSPS) is 12.9. The summed E-state index contributed by atoms with van der Waals surface area (Å²) in [7, 11) is -1.91. The van der Waals surface area contributed by atoms with Gasteiger partial charge >= 0.3 is 5.97 Å². The lowest BCUT2D eigenvalue weighted by Gasteiger charge is -2.38. The van der Waals surface area contributed by atoms with Gasteiger partial charge in [0.15, 0.2) is 31.5 Å². The summed E-state index contributed by atoms with van der Waals surface area (Å²) in [5.74, 6) is -13.1. The van der Waals surface area contributed by atoms with Crippen LogP contribution in [0.1, 0.15) is 50.0 Å². The fourth-order valence-corrected chi connectivity index (χ4v) is 5.58. The summed E-state index contributed by atoms with van der Waals surface area (Å²) in [6.07, 6.45) is 3.02. The molecule has 0 atom stereocenters. The third kappa shape index (κ3) is 4.89. The van der Waals surface area contributed by atoms with E-state index in [0.717, 1.165) is 16.5 Å². The molecule has 1 aromatic heterocycles. The second-order valence-electron chi connectivity index (χ2n) is 10.0. The highest BCUT2D eigenvalue weighted by Gasteiger charge is 2.38. The fourth-order valence-electron chi connectivity index (χ4n) is 3.58. The van der Waals surface area contributed by atoms with Crippen LogP contribution in [0.15, 0.2) is 35.6 Å². The van der Waals surface area contributed by atoms with E-state index in [9.17, 15) is 26.7 Å². The van der Waals surface area contributed by atoms with E-state index in [4.69, 9.17) is 0 Å². The number of hydrogen-bond donors (Lipinski definition) is 0. The number of hydrogen-bond acceptors (Lipinski definition) is 3. The summed E-state index contributed by atoms with van der Waals surface area (Å²) in [4.78, 5) is 16.5. The van der Waals surface area contributed by atoms with Crippen molar-refractivity contribution in [2.24, 2.45) is 5.16 Å². The van der Waals surface area contributed by atoms with Crippen molar-refractivity contribution in [1.29, 1.82) is 0 Å². The highest BCUT2D eigenvalue weighted by atomic mass is 28.3. The molecule has 0 saturated carbocycles. The van der Waals surface area contributed by atoms with Gasteiger partial charge in [-0.15, -0.1) is 0 Å². The number of oxime groups is 1. The number of benzene rings is 2. The van der Waals surface area contributed by atoms with Gasteiger partial charge in [-0.3, -0.25) is 0 Å². The molecule has 188 valence electrons. The van der Waals surface area contributed by atoms with Crippen LogP contribution >= 0.6 is 0 Å². The zero-order valence-corrected chi connectivity index (χ0v) is 21.4. The van der Waals surface area contributed by atoms with Crippen LogP contribution in [0.2, 0.25) is 18.1 Å². The summed E-state index contributed by atoms with van der Waals surface area (Å²) in [5, 5.41) is 4.74. The predicted molar refractivity (Wildman–Crippen MR) is 128 cm³/mol. The van der Waals surface area contributed by atoms with Crippen molar-refractivity contribution in [1.82, 2.24) is 4.23 Å². The monoisotopic (exact) mass is 510 g/mol. The van der Waals surface area contributed by atoms with Gasteiger partial charge in [-0.05, 0) is 42.6 Å². The Labute approximate surface area is 201 Å². The van der Waals surface area contributed by atoms with Crippen molar-refractivity contribution in [3.63, 3.8) is 0 Å². The molecule has 0 radical (unpaired) electrons. The molecule has 4 nitrogen and oxygen atoms in total. The van der Waals surface area contributed by atoms with E-state index in [1.807, 2.05) is 18.2 Å². The van der Waals surface area contributed by atoms with Gasteiger partial charge in [-0.2, -0.15) is 0 Å². The van der Waals surface area contributed by atoms with Crippen LogP contribution < -0.4 is 0 Å². The van der Waals surface area contributed by atoms with Crippen molar-refractivity contribution < 1.29 is 31.6 Å². The molecule has 0 N–H and O–H groups in total. The molecule has 0 unspecified atom stereocenters. The first-order valence-electron chi connectivity index (χ1n) is 11.0. The molecule has 0 bridgehead atoms. The number of carbonyl (C=O) groups excluding carboxylic acids is 1. The molecule has 1 heterocycles. The average molecular weight is 511 g/mol. The summed E-state index contributed by atoms with van der Waals surface area (Å²) in [5.41, 5.74) is 0.814. The minimum Gasteiger partial charge on any atom is -0.374 e. The number of rotatable bonds is 6. The quantitative estimate of drug-likeness (QED) is 0.0662. The van der Waals surface area contributed by atoms with Crippen molar-refractivity contribution in [3.8, 4) is 0 Å². The van der Waals surface area contributed by atoms with Crippen LogP contribution in [0.5, 0.6) is 0 Å². The number of para-hydroxylation sites is 1. The van der Waals surface area contributed by atoms with Crippen LogP contribution in [0.4, 0.5) is 22.0 Å². The maximum absolute atomic E-state index is 13.8. The average Bonchev–Trinajstić information content (AvgIpc) is 3.17. The highest BCUT2D eigenvalue weighted by molar-refractivity contribution is 6.79. The third-order valence-electron chi connectivity index (χ3n) is 6.69. The molecule has 0 aliphatic rings. The molecule has 0 saturated heterocycles. The number of fused-ring (bicyclic) bond motifs is 1. The van der Waals surface area contributed by atoms with Crippen molar-refractivity contribution in [3.05, 3.63) is 70.7 Å². The molecular weight excluding hydrogens is 483 g/mol. The van der Waals surface area contributed by atoms with Gasteiger partial charge in [0.25, 0.3) is 0 Å². The topological polar surface area (TPSA) is 43.6 Å². The molecule has 0 amide bonds. The van der Waals surface area contributed by atoms with Gasteiger partial charge in [0, 0.05) is 10.9 Å². The number of aryl methyl sites for hydroxylation is 1. The van der Waals surface area contributed by atoms with Crippen LogP contribution in [-0.2, 0) is 11.3 Å². The minimum atomic E-state index is -2.35. The molecule has 0 fully saturated rings. The van der Waals surface area contributed by atoms with E-state index in [0.29, 0.717) is 18.6 Å². The van der Waals surface area contributed by atoms with Gasteiger partial charge in [-0.25, -0.2) is 26.7 Å². The van der Waals surface area contributed by atoms with Gasteiger partial charge in [-0.1, -0.05) is 57.2 Å². The molecule has 10 heteroatoms. The molecule has 35 heavy (non-hydrogen) atoms. The minimum absolute atomic E-state index is 0.0987. The first-order chi connectivity index (χ1) is 16.2. The molecule has 0 aliphatic heterocycles. The number of carbonyl (C=O) groups is 1. The SMILES string of the molecule is C/C(CCc1cn([Si](C)(C)C(C)(C)C)c2ccccc12)=N\OC(=O)c1c(F)c(F)c(F)c(F)c1F. The van der Waals surface area contributed by atoms with Crippen molar-refractivity contribution in [2.45, 2.75) is 58.7 Å². The van der Waals surface area contributed by atoms with Crippen LogP contribution in [0.25, 0.3) is 10.9 Å². The molecule has 0 aliphatic carbocycles. The standard InChI is InChI=1S/C25H27F5N2O2Si/c1-14(31-34-24(33)18-19(26)21(28)23(30)22(29)20(18)27)11-12-15-13-32(35(5,6)25(2,3)4)17-10-8-7-9-16(15)17/h7-10,13H,11-12H2,1-6H3/b31-14+. The zero-order valence-electron chi connectivity index (χ0n) is 20.4. The van der Waals surface area contributed by atoms with Crippen LogP contribution in [0, 0.1) is 29.1 Å². The van der Waals surface area contributed by atoms with Gasteiger partial charge < -0.3 is 9.07 Å². The van der Waals surface area contributed by atoms with Crippen molar-refractivity contribution >= 4 is 30.8 Å². The second kappa shape index (κ2) is 9.56. The van der Waals surface area contributed by atoms with Crippen molar-refractivity contribution in [2.75, 3.05) is 0 Å². The van der Waals surface area contributed by atoms with E-state index in [1.54, 1.807) is 6.92 Å². The lowest BCUT2D eigenvalue weighted by Crippen LogP contribution is -2.44. The Bertz CT molecular complexity index is 1300. The largest absolute Gasteiger partial charge is 0.374 e. The van der Waals surface area contributed by atoms with E-state index >= 15 is 0 Å². The molecule has 3 aromatic rings. The summed E-state index contributed by atoms with van der Waals surface area (Å²) in [6.45, 7) is 12.8. The van der Waals surface area contributed by atoms with Crippen LogP contribution in [0.3, 0.4) is 0 Å². The van der Waals surface area contributed by atoms with E-state index in [2.05, 4.69) is 60.4 Å². The first kappa shape index (κ1) is 26.6. The Morgan fingerprint density at radius 2 is 1.51 bits per heavy atom. The molecule has 2 aromatic carbocycles. The Kier molecular flexibility index (Phi) is 7.26. The van der Waals surface area contributed by atoms with Gasteiger partial charge in [0.05, 0.1) is 5.71 Å². The first-order valence-corrected chi connectivity index (χ1v) is 14.0. The molecule has 3 rings (SSSR count). The fraction of sp³-hybridized carbons (Fsp3) is 0.360. The summed E-state index contributed by atoms with van der Waals surface area (Å²) >= 11 is 0. The molecule has 0 spiro atoms. The lowest BCUT2D eigenvalue weighted by molar-refractivity contribution is 0.0500. The lowest BCUT2D eigenvalue weighted by atomic mass is 10.1. The Hall–Kier alpha value is -3.01. The Balaban J connectivity index is 1.81.